The zero-order chi connectivity index (χ0) is 21.3. The van der Waals surface area contributed by atoms with Gasteiger partial charge in [0.05, 0.1) is 5.92 Å². The third kappa shape index (κ3) is 11.7. The summed E-state index contributed by atoms with van der Waals surface area (Å²) in [6.07, 6.45) is 13.8. The third-order valence-corrected chi connectivity index (χ3v) is 5.39. The number of hydrogen-bond acceptors (Lipinski definition) is 3. The zero-order valence-electron chi connectivity index (χ0n) is 18.5. The fourth-order valence-corrected chi connectivity index (χ4v) is 3.42. The number of benzene rings is 1. The normalized spacial score (nSPS) is 11.9. The Morgan fingerprint density at radius 3 is 1.97 bits per heavy atom. The molecule has 0 aliphatic heterocycles. The molecule has 4 heteroatoms. The van der Waals surface area contributed by atoms with E-state index in [0.29, 0.717) is 24.2 Å². The van der Waals surface area contributed by atoms with Crippen molar-refractivity contribution in [2.75, 3.05) is 6.61 Å². The van der Waals surface area contributed by atoms with Gasteiger partial charge < -0.3 is 9.84 Å². The van der Waals surface area contributed by atoms with Gasteiger partial charge in [-0.1, -0.05) is 78.1 Å². The largest absolute Gasteiger partial charge is 0.493 e. The van der Waals surface area contributed by atoms with Gasteiger partial charge in [0.15, 0.2) is 5.78 Å². The SMILES string of the molecule is CCCCCCCCC(COc1ccc(C(=O)CCCCCCC)cc1)C(=O)O. The van der Waals surface area contributed by atoms with E-state index < -0.39 is 11.9 Å². The smallest absolute Gasteiger partial charge is 0.309 e. The molecule has 1 unspecified atom stereocenters. The average Bonchev–Trinajstić information content (AvgIpc) is 2.72. The van der Waals surface area contributed by atoms with Crippen molar-refractivity contribution in [1.29, 1.82) is 0 Å². The van der Waals surface area contributed by atoms with E-state index in [1.54, 1.807) is 24.3 Å². The Kier molecular flexibility index (Phi) is 13.9. The number of carboxylic acid groups (broad SMARTS) is 1. The van der Waals surface area contributed by atoms with Gasteiger partial charge in [-0.25, -0.2) is 0 Å². The topological polar surface area (TPSA) is 63.6 Å². The maximum Gasteiger partial charge on any atom is 0.309 e. The maximum atomic E-state index is 12.2. The molecule has 0 fully saturated rings. The number of rotatable bonds is 18. The van der Waals surface area contributed by atoms with Gasteiger partial charge in [-0.2, -0.15) is 0 Å². The van der Waals surface area contributed by atoms with Crippen molar-refractivity contribution in [2.24, 2.45) is 5.92 Å². The van der Waals surface area contributed by atoms with Crippen molar-refractivity contribution < 1.29 is 19.4 Å². The first kappa shape index (κ1) is 25.2. The van der Waals surface area contributed by atoms with E-state index in [1.807, 2.05) is 0 Å². The van der Waals surface area contributed by atoms with Crippen LogP contribution >= 0.6 is 0 Å². The summed E-state index contributed by atoms with van der Waals surface area (Å²) in [7, 11) is 0. The van der Waals surface area contributed by atoms with Crippen LogP contribution in [0.25, 0.3) is 0 Å². The van der Waals surface area contributed by atoms with Gasteiger partial charge in [-0.05, 0) is 37.1 Å². The van der Waals surface area contributed by atoms with Crippen LogP contribution in [0.5, 0.6) is 5.75 Å². The van der Waals surface area contributed by atoms with E-state index in [9.17, 15) is 14.7 Å². The summed E-state index contributed by atoms with van der Waals surface area (Å²) in [5, 5.41) is 9.42. The summed E-state index contributed by atoms with van der Waals surface area (Å²) in [5.74, 6) is -0.489. The average molecular weight is 405 g/mol. The Bertz CT molecular complexity index is 565. The van der Waals surface area contributed by atoms with E-state index in [4.69, 9.17) is 4.74 Å². The lowest BCUT2D eigenvalue weighted by molar-refractivity contribution is -0.143. The molecule has 1 atom stereocenters. The molecule has 0 bridgehead atoms. The first-order valence-electron chi connectivity index (χ1n) is 11.6. The minimum absolute atomic E-state index is 0.166. The van der Waals surface area contributed by atoms with Crippen LogP contribution in [-0.2, 0) is 4.79 Å². The lowest BCUT2D eigenvalue weighted by Crippen LogP contribution is -2.21. The molecule has 0 saturated carbocycles. The summed E-state index contributed by atoms with van der Waals surface area (Å²) >= 11 is 0. The van der Waals surface area contributed by atoms with Crippen LogP contribution < -0.4 is 4.74 Å². The lowest BCUT2D eigenvalue weighted by atomic mass is 10.0. The molecule has 29 heavy (non-hydrogen) atoms. The van der Waals surface area contributed by atoms with Gasteiger partial charge in [-0.15, -0.1) is 0 Å². The molecule has 0 aliphatic carbocycles. The standard InChI is InChI=1S/C25H40O4/c1-3-5-7-9-11-12-14-22(25(27)28)20-29-23-18-16-21(17-19-23)24(26)15-13-10-8-6-4-2/h16-19,22H,3-15,20H2,1-2H3,(H,27,28). The zero-order valence-corrected chi connectivity index (χ0v) is 18.5. The van der Waals surface area contributed by atoms with Crippen LogP contribution in [0.3, 0.4) is 0 Å². The second-order valence-electron chi connectivity index (χ2n) is 8.01. The Hall–Kier alpha value is -1.84. The molecule has 1 N–H and O–H groups in total. The molecular weight excluding hydrogens is 364 g/mol. The predicted molar refractivity (Wildman–Crippen MR) is 119 cm³/mol. The quantitative estimate of drug-likeness (QED) is 0.210. The van der Waals surface area contributed by atoms with Crippen LogP contribution in [-0.4, -0.2) is 23.5 Å². The molecule has 0 aromatic heterocycles. The van der Waals surface area contributed by atoms with E-state index in [0.717, 1.165) is 25.7 Å². The number of ether oxygens (including phenoxy) is 1. The Morgan fingerprint density at radius 2 is 1.38 bits per heavy atom. The monoisotopic (exact) mass is 404 g/mol. The van der Waals surface area contributed by atoms with Crippen molar-refractivity contribution in [3.63, 3.8) is 0 Å². The summed E-state index contributed by atoms with van der Waals surface area (Å²) in [5.41, 5.74) is 0.703. The summed E-state index contributed by atoms with van der Waals surface area (Å²) in [4.78, 5) is 23.7. The first-order valence-corrected chi connectivity index (χ1v) is 11.6. The highest BCUT2D eigenvalue weighted by molar-refractivity contribution is 5.96. The fourth-order valence-electron chi connectivity index (χ4n) is 3.42. The van der Waals surface area contributed by atoms with Crippen molar-refractivity contribution in [1.82, 2.24) is 0 Å². The van der Waals surface area contributed by atoms with Gasteiger partial charge in [0.2, 0.25) is 0 Å². The molecule has 0 heterocycles. The molecule has 1 rings (SSSR count). The number of carbonyl (C=O) groups is 2. The van der Waals surface area contributed by atoms with Crippen LogP contribution in [0, 0.1) is 5.92 Å². The number of Topliss-reactive ketones (excluding diaryl/α,β-unsaturated/α-hetero) is 1. The highest BCUT2D eigenvalue weighted by atomic mass is 16.5. The molecule has 0 radical (unpaired) electrons. The minimum Gasteiger partial charge on any atom is -0.493 e. The van der Waals surface area contributed by atoms with Crippen molar-refractivity contribution in [3.8, 4) is 5.75 Å². The summed E-state index contributed by atoms with van der Waals surface area (Å²) in [6.45, 7) is 4.55. The molecule has 164 valence electrons. The van der Waals surface area contributed by atoms with Gasteiger partial charge in [0.1, 0.15) is 12.4 Å². The van der Waals surface area contributed by atoms with E-state index >= 15 is 0 Å². The van der Waals surface area contributed by atoms with Crippen LogP contribution in [0.2, 0.25) is 0 Å². The number of ketones is 1. The molecular formula is C25H40O4. The van der Waals surface area contributed by atoms with Crippen molar-refractivity contribution in [3.05, 3.63) is 29.8 Å². The van der Waals surface area contributed by atoms with Crippen LogP contribution in [0.15, 0.2) is 24.3 Å². The van der Waals surface area contributed by atoms with Gasteiger partial charge in [0.25, 0.3) is 0 Å². The Labute approximate surface area is 177 Å². The van der Waals surface area contributed by atoms with E-state index in [1.165, 1.54) is 44.9 Å². The van der Waals surface area contributed by atoms with Crippen LogP contribution in [0.1, 0.15) is 108 Å². The summed E-state index contributed by atoms with van der Waals surface area (Å²) in [6, 6.07) is 7.11. The fraction of sp³-hybridized carbons (Fsp3) is 0.680. The molecule has 0 amide bonds. The predicted octanol–water partition coefficient (Wildman–Crippen LogP) is 7.06. The molecule has 0 spiro atoms. The van der Waals surface area contributed by atoms with E-state index in [-0.39, 0.29) is 12.4 Å². The molecule has 0 aliphatic rings. The maximum absolute atomic E-state index is 12.2. The molecule has 1 aromatic rings. The lowest BCUT2D eigenvalue weighted by Gasteiger charge is -2.14. The number of hydrogen-bond donors (Lipinski definition) is 1. The number of carboxylic acids is 1. The number of unbranched alkanes of at least 4 members (excludes halogenated alkanes) is 9. The highest BCUT2D eigenvalue weighted by Crippen LogP contribution is 2.18. The third-order valence-electron chi connectivity index (χ3n) is 5.39. The minimum atomic E-state index is -0.798. The van der Waals surface area contributed by atoms with Gasteiger partial charge >= 0.3 is 5.97 Å². The number of aliphatic carboxylic acids is 1. The molecule has 0 saturated heterocycles. The Balaban J connectivity index is 2.34. The summed E-state index contributed by atoms with van der Waals surface area (Å²) < 4.78 is 5.69. The Morgan fingerprint density at radius 1 is 0.828 bits per heavy atom. The van der Waals surface area contributed by atoms with E-state index in [2.05, 4.69) is 13.8 Å². The highest BCUT2D eigenvalue weighted by Gasteiger charge is 2.18. The first-order chi connectivity index (χ1) is 14.1. The second-order valence-corrected chi connectivity index (χ2v) is 8.01. The van der Waals surface area contributed by atoms with Gasteiger partial charge in [-0.3, -0.25) is 9.59 Å². The van der Waals surface area contributed by atoms with Gasteiger partial charge in [0, 0.05) is 12.0 Å². The number of carbonyl (C=O) groups excluding carboxylic acids is 1. The molecule has 1 aromatic carbocycles. The second kappa shape index (κ2) is 16.0. The van der Waals surface area contributed by atoms with Crippen molar-refractivity contribution >= 4 is 11.8 Å². The van der Waals surface area contributed by atoms with Crippen LogP contribution in [0.4, 0.5) is 0 Å². The van der Waals surface area contributed by atoms with Crippen molar-refractivity contribution in [2.45, 2.75) is 97.3 Å². The molecule has 4 nitrogen and oxygen atoms in total.